The highest BCUT2D eigenvalue weighted by Crippen LogP contribution is 2.16. The first kappa shape index (κ1) is 23.0. The predicted octanol–water partition coefficient (Wildman–Crippen LogP) is 4.77. The molecule has 0 radical (unpaired) electrons. The summed E-state index contributed by atoms with van der Waals surface area (Å²) in [5.74, 6) is 1.00. The Morgan fingerprint density at radius 3 is 2.19 bits per heavy atom. The average molecular weight is 434 g/mol. The fraction of sp³-hybridized carbons (Fsp3) is 0.500. The molecule has 4 nitrogen and oxygen atoms in total. The highest BCUT2D eigenvalue weighted by atomic mass is 16.5. The minimum Gasteiger partial charge on any atom is -0.494 e. The van der Waals surface area contributed by atoms with Crippen molar-refractivity contribution in [3.8, 4) is 5.75 Å². The maximum atomic E-state index is 5.97. The van der Waals surface area contributed by atoms with E-state index in [0.717, 1.165) is 58.0 Å². The van der Waals surface area contributed by atoms with Gasteiger partial charge in [0.2, 0.25) is 0 Å². The molecule has 172 valence electrons. The fourth-order valence-corrected chi connectivity index (χ4v) is 4.64. The van der Waals surface area contributed by atoms with Gasteiger partial charge in [-0.2, -0.15) is 0 Å². The third-order valence-electron chi connectivity index (χ3n) is 6.60. The van der Waals surface area contributed by atoms with Crippen LogP contribution < -0.4 is 4.74 Å². The molecule has 4 heteroatoms. The van der Waals surface area contributed by atoms with Gasteiger partial charge in [-0.25, -0.2) is 0 Å². The van der Waals surface area contributed by atoms with Gasteiger partial charge in [0.15, 0.2) is 0 Å². The Kier molecular flexibility index (Phi) is 9.20. The summed E-state index contributed by atoms with van der Waals surface area (Å²) in [6, 6.07) is 19.3. The summed E-state index contributed by atoms with van der Waals surface area (Å²) in [5.41, 5.74) is 2.66. The summed E-state index contributed by atoms with van der Waals surface area (Å²) < 4.78 is 5.97. The molecule has 4 rings (SSSR count). The monoisotopic (exact) mass is 433 g/mol. The van der Waals surface area contributed by atoms with Gasteiger partial charge >= 0.3 is 0 Å². The summed E-state index contributed by atoms with van der Waals surface area (Å²) in [6.07, 6.45) is 9.76. The molecular weight excluding hydrogens is 394 g/mol. The van der Waals surface area contributed by atoms with E-state index in [-0.39, 0.29) is 0 Å². The van der Waals surface area contributed by atoms with Gasteiger partial charge < -0.3 is 9.64 Å². The molecule has 0 saturated carbocycles. The van der Waals surface area contributed by atoms with Crippen molar-refractivity contribution < 1.29 is 4.74 Å². The van der Waals surface area contributed by atoms with Crippen molar-refractivity contribution in [3.05, 3.63) is 71.8 Å². The van der Waals surface area contributed by atoms with Crippen LogP contribution in [0.4, 0.5) is 0 Å². The van der Waals surface area contributed by atoms with Gasteiger partial charge in [-0.1, -0.05) is 61.0 Å². The number of piperidine rings is 1. The zero-order chi connectivity index (χ0) is 21.8. The second-order valence-electron chi connectivity index (χ2n) is 9.14. The summed E-state index contributed by atoms with van der Waals surface area (Å²) in [7, 11) is 0. The molecule has 2 aliphatic heterocycles. The maximum Gasteiger partial charge on any atom is 0.119 e. The van der Waals surface area contributed by atoms with Crippen molar-refractivity contribution in [3.63, 3.8) is 0 Å². The van der Waals surface area contributed by atoms with Crippen molar-refractivity contribution in [2.45, 2.75) is 32.2 Å². The van der Waals surface area contributed by atoms with Crippen LogP contribution in [-0.2, 0) is 6.54 Å². The minimum atomic E-state index is 0.816. The van der Waals surface area contributed by atoms with Crippen LogP contribution in [0.25, 0.3) is 6.08 Å². The van der Waals surface area contributed by atoms with E-state index in [1.165, 1.54) is 50.0 Å². The Bertz CT molecular complexity index is 791. The highest BCUT2D eigenvalue weighted by Gasteiger charge is 2.16. The Morgan fingerprint density at radius 2 is 1.44 bits per heavy atom. The molecule has 2 aromatic rings. The normalized spacial score (nSPS) is 18.9. The molecule has 0 unspecified atom stereocenters. The summed E-state index contributed by atoms with van der Waals surface area (Å²) in [5, 5.41) is 0. The number of piperazine rings is 1. The van der Waals surface area contributed by atoms with Crippen LogP contribution >= 0.6 is 0 Å². The number of ether oxygens (including phenoxy) is 1. The lowest BCUT2D eigenvalue weighted by Crippen LogP contribution is -2.45. The van der Waals surface area contributed by atoms with Gasteiger partial charge in [0.1, 0.15) is 5.75 Å². The minimum absolute atomic E-state index is 0.816. The van der Waals surface area contributed by atoms with Crippen molar-refractivity contribution in [2.75, 3.05) is 59.0 Å². The van der Waals surface area contributed by atoms with Crippen LogP contribution in [-0.4, -0.2) is 73.7 Å². The number of rotatable bonds is 10. The quantitative estimate of drug-likeness (QED) is 0.502. The smallest absolute Gasteiger partial charge is 0.119 e. The highest BCUT2D eigenvalue weighted by molar-refractivity contribution is 5.48. The Labute approximate surface area is 194 Å². The van der Waals surface area contributed by atoms with E-state index in [9.17, 15) is 0 Å². The first-order valence-corrected chi connectivity index (χ1v) is 12.5. The molecule has 0 aromatic heterocycles. The molecule has 2 heterocycles. The second-order valence-corrected chi connectivity index (χ2v) is 9.14. The molecule has 2 saturated heterocycles. The predicted molar refractivity (Wildman–Crippen MR) is 134 cm³/mol. The van der Waals surface area contributed by atoms with Crippen molar-refractivity contribution in [2.24, 2.45) is 0 Å². The topological polar surface area (TPSA) is 19.0 Å². The van der Waals surface area contributed by atoms with E-state index in [2.05, 4.69) is 81.4 Å². The van der Waals surface area contributed by atoms with Gasteiger partial charge in [0.25, 0.3) is 0 Å². The maximum absolute atomic E-state index is 5.97. The first-order chi connectivity index (χ1) is 15.8. The molecular formula is C28H39N3O. The molecule has 2 aromatic carbocycles. The van der Waals surface area contributed by atoms with E-state index >= 15 is 0 Å². The molecule has 2 aliphatic rings. The molecule has 0 N–H and O–H groups in total. The first-order valence-electron chi connectivity index (χ1n) is 12.5. The van der Waals surface area contributed by atoms with Gasteiger partial charge in [-0.15, -0.1) is 0 Å². The van der Waals surface area contributed by atoms with E-state index in [0.29, 0.717) is 0 Å². The molecule has 0 atom stereocenters. The number of likely N-dealkylation sites (tertiary alicyclic amines) is 1. The average Bonchev–Trinajstić information content (AvgIpc) is 2.85. The summed E-state index contributed by atoms with van der Waals surface area (Å²) in [6.45, 7) is 11.1. The molecule has 2 fully saturated rings. The number of hydrogen-bond donors (Lipinski definition) is 0. The largest absolute Gasteiger partial charge is 0.494 e. The van der Waals surface area contributed by atoms with Gasteiger partial charge in [0.05, 0.1) is 6.61 Å². The van der Waals surface area contributed by atoms with Crippen LogP contribution in [0.2, 0.25) is 0 Å². The molecule has 0 amide bonds. The lowest BCUT2D eigenvalue weighted by molar-refractivity contribution is 0.137. The number of hydrogen-bond acceptors (Lipinski definition) is 4. The van der Waals surface area contributed by atoms with Crippen LogP contribution in [0.1, 0.15) is 36.8 Å². The van der Waals surface area contributed by atoms with Crippen LogP contribution in [0.15, 0.2) is 60.7 Å². The van der Waals surface area contributed by atoms with Crippen molar-refractivity contribution in [1.29, 1.82) is 0 Å². The molecule has 0 spiro atoms. The van der Waals surface area contributed by atoms with Crippen LogP contribution in [0.3, 0.4) is 0 Å². The zero-order valence-corrected chi connectivity index (χ0v) is 19.5. The summed E-state index contributed by atoms with van der Waals surface area (Å²) in [4.78, 5) is 7.68. The molecule has 0 bridgehead atoms. The van der Waals surface area contributed by atoms with Gasteiger partial charge in [-0.3, -0.25) is 9.80 Å². The lowest BCUT2D eigenvalue weighted by atomic mass is 10.1. The molecule has 0 aliphatic carbocycles. The van der Waals surface area contributed by atoms with E-state index in [1.807, 2.05) is 0 Å². The summed E-state index contributed by atoms with van der Waals surface area (Å²) >= 11 is 0. The molecule has 32 heavy (non-hydrogen) atoms. The van der Waals surface area contributed by atoms with E-state index in [1.54, 1.807) is 0 Å². The Morgan fingerprint density at radius 1 is 0.719 bits per heavy atom. The Balaban J connectivity index is 1.10. The van der Waals surface area contributed by atoms with Crippen LogP contribution in [0, 0.1) is 0 Å². The number of nitrogens with zero attached hydrogens (tertiary/aromatic N) is 3. The third kappa shape index (κ3) is 7.77. The lowest BCUT2D eigenvalue weighted by Gasteiger charge is -2.34. The van der Waals surface area contributed by atoms with Gasteiger partial charge in [-0.05, 0) is 55.6 Å². The number of benzene rings is 2. The second kappa shape index (κ2) is 12.8. The SMILES string of the molecule is C(=C\c1ccccc1)/CN1CCN(Cc2ccc(OCCCN3CCCCC3)cc2)CC1. The fourth-order valence-electron chi connectivity index (χ4n) is 4.64. The van der Waals surface area contributed by atoms with Crippen molar-refractivity contribution in [1.82, 2.24) is 14.7 Å². The zero-order valence-electron chi connectivity index (χ0n) is 19.5. The van der Waals surface area contributed by atoms with Crippen molar-refractivity contribution >= 4 is 6.08 Å². The Hall–Kier alpha value is -2.14. The van der Waals surface area contributed by atoms with E-state index in [4.69, 9.17) is 4.74 Å². The third-order valence-corrected chi connectivity index (χ3v) is 6.60. The van der Waals surface area contributed by atoms with E-state index < -0.39 is 0 Å². The standard InChI is InChI=1S/C28H39N3O/c1-3-9-26(10-4-1)11-7-18-30-20-22-31(23-21-30)25-27-12-14-28(15-13-27)32-24-8-19-29-16-5-2-6-17-29/h1,3-4,7,9-15H,2,5-6,8,16-25H2/b11-7+. The van der Waals surface area contributed by atoms with Gasteiger partial charge in [0, 0.05) is 45.8 Å². The van der Waals surface area contributed by atoms with Crippen LogP contribution in [0.5, 0.6) is 5.75 Å².